The summed E-state index contributed by atoms with van der Waals surface area (Å²) in [6, 6.07) is 0. The molecular formula is C10H16N2O2. The predicted octanol–water partition coefficient (Wildman–Crippen LogP) is 1.11. The Morgan fingerprint density at radius 3 is 3.29 bits per heavy atom. The zero-order valence-electron chi connectivity index (χ0n) is 8.45. The minimum absolute atomic E-state index is 0.563. The lowest BCUT2D eigenvalue weighted by Gasteiger charge is -2.07. The van der Waals surface area contributed by atoms with Crippen LogP contribution in [-0.2, 0) is 11.3 Å². The second-order valence-electron chi connectivity index (χ2n) is 3.73. The lowest BCUT2D eigenvalue weighted by atomic mass is 10.1. The Bertz CT molecular complexity index is 279. The molecule has 1 aromatic heterocycles. The molecule has 2 rings (SSSR count). The summed E-state index contributed by atoms with van der Waals surface area (Å²) in [5.41, 5.74) is 0.883. The van der Waals surface area contributed by atoms with Crippen LogP contribution in [0.15, 0.2) is 10.7 Å². The van der Waals surface area contributed by atoms with Crippen LogP contribution in [0.2, 0.25) is 0 Å². The number of hydrogen-bond acceptors (Lipinski definition) is 4. The van der Waals surface area contributed by atoms with Gasteiger partial charge in [-0.3, -0.25) is 0 Å². The maximum Gasteiger partial charge on any atom is 0.191 e. The Morgan fingerprint density at radius 1 is 1.71 bits per heavy atom. The van der Waals surface area contributed by atoms with Gasteiger partial charge in [0.05, 0.1) is 13.2 Å². The summed E-state index contributed by atoms with van der Waals surface area (Å²) < 4.78 is 10.6. The minimum atomic E-state index is 0.563. The zero-order chi connectivity index (χ0) is 9.80. The highest BCUT2D eigenvalue weighted by Crippen LogP contribution is 2.09. The molecule has 1 N–H and O–H groups in total. The van der Waals surface area contributed by atoms with Crippen molar-refractivity contribution in [2.24, 2.45) is 5.92 Å². The van der Waals surface area contributed by atoms with Crippen molar-refractivity contribution < 1.29 is 9.15 Å². The standard InChI is InChI=1S/C10H16N2O2/c1-8-12-10(7-14-8)6-13-5-9-2-3-11-4-9/h7,9,11H,2-6H2,1H3. The fourth-order valence-corrected chi connectivity index (χ4v) is 1.66. The van der Waals surface area contributed by atoms with Gasteiger partial charge in [0.25, 0.3) is 0 Å². The molecule has 0 bridgehead atoms. The first-order valence-corrected chi connectivity index (χ1v) is 5.04. The average molecular weight is 196 g/mol. The van der Waals surface area contributed by atoms with Gasteiger partial charge in [0.2, 0.25) is 0 Å². The highest BCUT2D eigenvalue weighted by molar-refractivity contribution is 4.92. The number of aryl methyl sites for hydroxylation is 1. The first-order valence-electron chi connectivity index (χ1n) is 5.04. The Morgan fingerprint density at radius 2 is 2.64 bits per heavy atom. The summed E-state index contributed by atoms with van der Waals surface area (Å²) >= 11 is 0. The molecule has 2 heterocycles. The molecular weight excluding hydrogens is 180 g/mol. The third-order valence-electron chi connectivity index (χ3n) is 2.43. The molecule has 1 aliphatic heterocycles. The fourth-order valence-electron chi connectivity index (χ4n) is 1.66. The van der Waals surface area contributed by atoms with Crippen LogP contribution < -0.4 is 5.32 Å². The molecule has 1 aliphatic rings. The SMILES string of the molecule is Cc1nc(COCC2CCNC2)co1. The van der Waals surface area contributed by atoms with E-state index in [1.165, 1.54) is 6.42 Å². The largest absolute Gasteiger partial charge is 0.449 e. The number of oxazole rings is 1. The van der Waals surface area contributed by atoms with E-state index in [9.17, 15) is 0 Å². The van der Waals surface area contributed by atoms with Crippen LogP contribution in [0, 0.1) is 12.8 Å². The lowest BCUT2D eigenvalue weighted by molar-refractivity contribution is 0.0902. The van der Waals surface area contributed by atoms with Crippen LogP contribution in [0.4, 0.5) is 0 Å². The van der Waals surface area contributed by atoms with Gasteiger partial charge in [-0.05, 0) is 18.9 Å². The van der Waals surface area contributed by atoms with Crippen LogP contribution in [0.3, 0.4) is 0 Å². The van der Waals surface area contributed by atoms with Crippen LogP contribution >= 0.6 is 0 Å². The van der Waals surface area contributed by atoms with Crippen molar-refractivity contribution in [3.05, 3.63) is 17.8 Å². The molecule has 0 saturated carbocycles. The van der Waals surface area contributed by atoms with E-state index in [1.807, 2.05) is 6.92 Å². The van der Waals surface area contributed by atoms with Crippen LogP contribution in [0.1, 0.15) is 18.0 Å². The van der Waals surface area contributed by atoms with Crippen molar-refractivity contribution in [3.63, 3.8) is 0 Å². The molecule has 0 amide bonds. The molecule has 1 atom stereocenters. The van der Waals surface area contributed by atoms with E-state index in [0.29, 0.717) is 18.4 Å². The molecule has 14 heavy (non-hydrogen) atoms. The van der Waals surface area contributed by atoms with Gasteiger partial charge in [0, 0.05) is 13.5 Å². The van der Waals surface area contributed by atoms with Crippen molar-refractivity contribution in [1.82, 2.24) is 10.3 Å². The van der Waals surface area contributed by atoms with E-state index in [1.54, 1.807) is 6.26 Å². The number of nitrogens with one attached hydrogen (secondary N) is 1. The maximum absolute atomic E-state index is 5.55. The molecule has 0 radical (unpaired) electrons. The number of rotatable bonds is 4. The zero-order valence-corrected chi connectivity index (χ0v) is 8.45. The molecule has 0 spiro atoms. The molecule has 0 aromatic carbocycles. The van der Waals surface area contributed by atoms with Crippen molar-refractivity contribution in [2.45, 2.75) is 20.0 Å². The number of nitrogens with zero attached hydrogens (tertiary/aromatic N) is 1. The van der Waals surface area contributed by atoms with E-state index in [0.717, 1.165) is 25.4 Å². The van der Waals surface area contributed by atoms with Gasteiger partial charge in [-0.1, -0.05) is 0 Å². The Balaban J connectivity index is 1.67. The van der Waals surface area contributed by atoms with Gasteiger partial charge in [-0.2, -0.15) is 0 Å². The molecule has 78 valence electrons. The quantitative estimate of drug-likeness (QED) is 0.783. The second-order valence-corrected chi connectivity index (χ2v) is 3.73. The Hall–Kier alpha value is -0.870. The predicted molar refractivity (Wildman–Crippen MR) is 51.9 cm³/mol. The first kappa shape index (κ1) is 9.68. The Labute approximate surface area is 83.7 Å². The second kappa shape index (κ2) is 4.57. The van der Waals surface area contributed by atoms with E-state index in [2.05, 4.69) is 10.3 Å². The topological polar surface area (TPSA) is 47.3 Å². The van der Waals surface area contributed by atoms with E-state index >= 15 is 0 Å². The van der Waals surface area contributed by atoms with Crippen LogP contribution in [0.5, 0.6) is 0 Å². The van der Waals surface area contributed by atoms with Gasteiger partial charge >= 0.3 is 0 Å². The molecule has 1 saturated heterocycles. The number of hydrogen-bond donors (Lipinski definition) is 1. The van der Waals surface area contributed by atoms with E-state index in [-0.39, 0.29) is 0 Å². The summed E-state index contributed by atoms with van der Waals surface area (Å²) in [4.78, 5) is 4.17. The monoisotopic (exact) mass is 196 g/mol. The summed E-state index contributed by atoms with van der Waals surface area (Å²) in [5.74, 6) is 1.37. The van der Waals surface area contributed by atoms with Gasteiger partial charge in [0.1, 0.15) is 12.0 Å². The molecule has 1 unspecified atom stereocenters. The van der Waals surface area contributed by atoms with Gasteiger partial charge in [-0.25, -0.2) is 4.98 Å². The smallest absolute Gasteiger partial charge is 0.191 e. The van der Waals surface area contributed by atoms with E-state index < -0.39 is 0 Å². The number of ether oxygens (including phenoxy) is 1. The van der Waals surface area contributed by atoms with Crippen LogP contribution in [0.25, 0.3) is 0 Å². The molecule has 1 fully saturated rings. The summed E-state index contributed by atoms with van der Waals surface area (Å²) in [6.07, 6.45) is 2.88. The molecule has 4 nitrogen and oxygen atoms in total. The number of aromatic nitrogens is 1. The third-order valence-corrected chi connectivity index (χ3v) is 2.43. The van der Waals surface area contributed by atoms with Gasteiger partial charge < -0.3 is 14.5 Å². The third kappa shape index (κ3) is 2.56. The fraction of sp³-hybridized carbons (Fsp3) is 0.700. The molecule has 1 aromatic rings. The lowest BCUT2D eigenvalue weighted by Crippen LogP contribution is -2.13. The summed E-state index contributed by atoms with van der Waals surface area (Å²) in [5, 5.41) is 3.31. The highest BCUT2D eigenvalue weighted by atomic mass is 16.5. The highest BCUT2D eigenvalue weighted by Gasteiger charge is 2.14. The summed E-state index contributed by atoms with van der Waals surface area (Å²) in [7, 11) is 0. The van der Waals surface area contributed by atoms with E-state index in [4.69, 9.17) is 9.15 Å². The van der Waals surface area contributed by atoms with Crippen molar-refractivity contribution in [2.75, 3.05) is 19.7 Å². The maximum atomic E-state index is 5.55. The van der Waals surface area contributed by atoms with Crippen LogP contribution in [-0.4, -0.2) is 24.7 Å². The van der Waals surface area contributed by atoms with Gasteiger partial charge in [0.15, 0.2) is 5.89 Å². The Kier molecular flexibility index (Phi) is 3.16. The molecule has 4 heteroatoms. The summed E-state index contributed by atoms with van der Waals surface area (Å²) in [6.45, 7) is 5.42. The van der Waals surface area contributed by atoms with Crippen molar-refractivity contribution in [3.8, 4) is 0 Å². The average Bonchev–Trinajstić information content (AvgIpc) is 2.77. The van der Waals surface area contributed by atoms with Crippen molar-refractivity contribution >= 4 is 0 Å². The van der Waals surface area contributed by atoms with Crippen molar-refractivity contribution in [1.29, 1.82) is 0 Å². The van der Waals surface area contributed by atoms with Gasteiger partial charge in [-0.15, -0.1) is 0 Å². The first-order chi connectivity index (χ1) is 6.84. The minimum Gasteiger partial charge on any atom is -0.449 e. The normalized spacial score (nSPS) is 21.6. The molecule has 0 aliphatic carbocycles.